The molecule has 3 nitrogen and oxygen atoms in total. The van der Waals surface area contributed by atoms with Crippen LogP contribution in [0.2, 0.25) is 0 Å². The summed E-state index contributed by atoms with van der Waals surface area (Å²) in [6.45, 7) is 5.56. The van der Waals surface area contributed by atoms with E-state index in [1.165, 1.54) is 25.7 Å². The highest BCUT2D eigenvalue weighted by Gasteiger charge is 2.18. The zero-order valence-electron chi connectivity index (χ0n) is 12.8. The van der Waals surface area contributed by atoms with E-state index in [-0.39, 0.29) is 5.97 Å². The van der Waals surface area contributed by atoms with Crippen molar-refractivity contribution in [3.8, 4) is 0 Å². The summed E-state index contributed by atoms with van der Waals surface area (Å²) in [4.78, 5) is 11.7. The summed E-state index contributed by atoms with van der Waals surface area (Å²) in [5, 5.41) is 3.50. The third-order valence-corrected chi connectivity index (χ3v) is 4.85. The number of benzene rings is 1. The van der Waals surface area contributed by atoms with Crippen molar-refractivity contribution >= 4 is 27.6 Å². The van der Waals surface area contributed by atoms with Crippen molar-refractivity contribution < 1.29 is 9.53 Å². The van der Waals surface area contributed by atoms with Gasteiger partial charge in [0, 0.05) is 16.7 Å². The van der Waals surface area contributed by atoms with Crippen LogP contribution in [-0.2, 0) is 4.74 Å². The highest BCUT2D eigenvalue weighted by molar-refractivity contribution is 9.10. The minimum absolute atomic E-state index is 0.272. The molecule has 0 spiro atoms. The van der Waals surface area contributed by atoms with E-state index in [2.05, 4.69) is 28.2 Å². The number of hydrogen-bond acceptors (Lipinski definition) is 3. The molecule has 1 saturated carbocycles. The molecular weight excluding hydrogens is 330 g/mol. The van der Waals surface area contributed by atoms with Gasteiger partial charge in [-0.3, -0.25) is 0 Å². The molecule has 0 saturated heterocycles. The first-order chi connectivity index (χ1) is 10.1. The Bertz CT molecular complexity index is 482. The fourth-order valence-electron chi connectivity index (χ4n) is 2.79. The molecular formula is C17H24BrNO2. The Morgan fingerprint density at radius 1 is 1.33 bits per heavy atom. The Kier molecular flexibility index (Phi) is 6.09. The van der Waals surface area contributed by atoms with Crippen molar-refractivity contribution in [2.24, 2.45) is 11.8 Å². The molecule has 0 aromatic heterocycles. The molecule has 0 aliphatic heterocycles. The molecule has 0 radical (unpaired) electrons. The molecule has 1 N–H and O–H groups in total. The number of ether oxygens (including phenoxy) is 1. The lowest BCUT2D eigenvalue weighted by Gasteiger charge is -2.26. The molecule has 4 heteroatoms. The van der Waals surface area contributed by atoms with Crippen LogP contribution in [-0.4, -0.2) is 19.1 Å². The molecule has 1 aromatic rings. The van der Waals surface area contributed by atoms with Gasteiger partial charge in [-0.25, -0.2) is 4.79 Å². The van der Waals surface area contributed by atoms with E-state index in [9.17, 15) is 4.79 Å². The second-order valence-corrected chi connectivity index (χ2v) is 6.78. The second kappa shape index (κ2) is 7.83. The summed E-state index contributed by atoms with van der Waals surface area (Å²) < 4.78 is 5.92. The average molecular weight is 354 g/mol. The van der Waals surface area contributed by atoms with Crippen molar-refractivity contribution in [1.29, 1.82) is 0 Å². The van der Waals surface area contributed by atoms with Crippen LogP contribution < -0.4 is 5.32 Å². The average Bonchev–Trinajstić information content (AvgIpc) is 2.48. The molecule has 1 fully saturated rings. The van der Waals surface area contributed by atoms with Crippen LogP contribution in [0, 0.1) is 11.8 Å². The first kappa shape index (κ1) is 16.3. The number of carbonyl (C=O) groups excluding carboxylic acids is 1. The maximum Gasteiger partial charge on any atom is 0.338 e. The Morgan fingerprint density at radius 2 is 2.05 bits per heavy atom. The predicted molar refractivity (Wildman–Crippen MR) is 89.7 cm³/mol. The third kappa shape index (κ3) is 4.73. The first-order valence-corrected chi connectivity index (χ1v) is 8.60. The normalized spacial score (nSPS) is 21.9. The third-order valence-electron chi connectivity index (χ3n) is 4.20. The fraction of sp³-hybridized carbons (Fsp3) is 0.588. The summed E-state index contributed by atoms with van der Waals surface area (Å²) in [5.41, 5.74) is 1.63. The fourth-order valence-corrected chi connectivity index (χ4v) is 3.31. The van der Waals surface area contributed by atoms with Crippen molar-refractivity contribution in [3.63, 3.8) is 0 Å². The highest BCUT2D eigenvalue weighted by Crippen LogP contribution is 2.30. The minimum atomic E-state index is -0.272. The van der Waals surface area contributed by atoms with E-state index < -0.39 is 0 Å². The Labute approximate surface area is 135 Å². The molecule has 21 heavy (non-hydrogen) atoms. The minimum Gasteiger partial charge on any atom is -0.462 e. The molecule has 0 heterocycles. The molecule has 0 atom stereocenters. The van der Waals surface area contributed by atoms with Crippen molar-refractivity contribution in [3.05, 3.63) is 28.2 Å². The lowest BCUT2D eigenvalue weighted by Crippen LogP contribution is -2.20. The highest BCUT2D eigenvalue weighted by atomic mass is 79.9. The molecule has 1 aromatic carbocycles. The lowest BCUT2D eigenvalue weighted by atomic mass is 9.83. The van der Waals surface area contributed by atoms with Gasteiger partial charge in [0.25, 0.3) is 0 Å². The number of anilines is 1. The Morgan fingerprint density at radius 3 is 2.67 bits per heavy atom. The SMILES string of the molecule is CCOC(=O)c1ccc(NCC2CCC(C)CC2)c(Br)c1. The second-order valence-electron chi connectivity index (χ2n) is 5.92. The first-order valence-electron chi connectivity index (χ1n) is 7.80. The maximum atomic E-state index is 11.7. The van der Waals surface area contributed by atoms with Crippen LogP contribution >= 0.6 is 15.9 Å². The number of hydrogen-bond donors (Lipinski definition) is 1. The quantitative estimate of drug-likeness (QED) is 0.767. The monoisotopic (exact) mass is 353 g/mol. The zero-order chi connectivity index (χ0) is 15.2. The lowest BCUT2D eigenvalue weighted by molar-refractivity contribution is 0.0526. The van der Waals surface area contributed by atoms with Gasteiger partial charge in [-0.1, -0.05) is 19.8 Å². The van der Waals surface area contributed by atoms with Crippen LogP contribution in [0.3, 0.4) is 0 Å². The number of rotatable bonds is 5. The standard InChI is InChI=1S/C17H24BrNO2/c1-3-21-17(20)14-8-9-16(15(18)10-14)19-11-13-6-4-12(2)5-7-13/h8-10,12-13,19H,3-7,11H2,1-2H3. The number of halogens is 1. The molecule has 116 valence electrons. The summed E-state index contributed by atoms with van der Waals surface area (Å²) in [6, 6.07) is 5.58. The maximum absolute atomic E-state index is 11.7. The molecule has 0 amide bonds. The van der Waals surface area contributed by atoms with Gasteiger partial charge >= 0.3 is 5.97 Å². The largest absolute Gasteiger partial charge is 0.462 e. The van der Waals surface area contributed by atoms with Gasteiger partial charge in [0.05, 0.1) is 12.2 Å². The van der Waals surface area contributed by atoms with Gasteiger partial charge in [0.15, 0.2) is 0 Å². The molecule has 0 unspecified atom stereocenters. The Hall–Kier alpha value is -1.03. The van der Waals surface area contributed by atoms with Gasteiger partial charge in [-0.15, -0.1) is 0 Å². The van der Waals surface area contributed by atoms with Crippen LogP contribution in [0.25, 0.3) is 0 Å². The van der Waals surface area contributed by atoms with E-state index in [4.69, 9.17) is 4.74 Å². The van der Waals surface area contributed by atoms with Crippen LogP contribution in [0.1, 0.15) is 49.9 Å². The van der Waals surface area contributed by atoms with Gasteiger partial charge in [0.1, 0.15) is 0 Å². The van der Waals surface area contributed by atoms with E-state index in [0.717, 1.165) is 28.5 Å². The molecule has 1 aliphatic carbocycles. The van der Waals surface area contributed by atoms with E-state index >= 15 is 0 Å². The number of carbonyl (C=O) groups is 1. The van der Waals surface area contributed by atoms with E-state index in [1.807, 2.05) is 25.1 Å². The van der Waals surface area contributed by atoms with Crippen molar-refractivity contribution in [1.82, 2.24) is 0 Å². The van der Waals surface area contributed by atoms with Gasteiger partial charge in [0.2, 0.25) is 0 Å². The Balaban J connectivity index is 1.90. The topological polar surface area (TPSA) is 38.3 Å². The summed E-state index contributed by atoms with van der Waals surface area (Å²) in [6.07, 6.45) is 5.31. The predicted octanol–water partition coefficient (Wildman–Crippen LogP) is 4.86. The number of esters is 1. The summed E-state index contributed by atoms with van der Waals surface area (Å²) >= 11 is 3.53. The molecule has 0 bridgehead atoms. The van der Waals surface area contributed by atoms with E-state index in [0.29, 0.717) is 12.2 Å². The summed E-state index contributed by atoms with van der Waals surface area (Å²) in [7, 11) is 0. The van der Waals surface area contributed by atoms with Crippen molar-refractivity contribution in [2.75, 3.05) is 18.5 Å². The van der Waals surface area contributed by atoms with Gasteiger partial charge in [-0.2, -0.15) is 0 Å². The molecule has 1 aliphatic rings. The van der Waals surface area contributed by atoms with E-state index in [1.54, 1.807) is 0 Å². The zero-order valence-corrected chi connectivity index (χ0v) is 14.4. The van der Waals surface area contributed by atoms with Crippen molar-refractivity contribution in [2.45, 2.75) is 39.5 Å². The van der Waals surface area contributed by atoms with Gasteiger partial charge < -0.3 is 10.1 Å². The smallest absolute Gasteiger partial charge is 0.338 e. The molecule has 2 rings (SSSR count). The van der Waals surface area contributed by atoms with Crippen LogP contribution in [0.4, 0.5) is 5.69 Å². The van der Waals surface area contributed by atoms with Gasteiger partial charge in [-0.05, 0) is 65.7 Å². The van der Waals surface area contributed by atoms with Crippen LogP contribution in [0.5, 0.6) is 0 Å². The van der Waals surface area contributed by atoms with Crippen LogP contribution in [0.15, 0.2) is 22.7 Å². The summed E-state index contributed by atoms with van der Waals surface area (Å²) in [5.74, 6) is 1.38. The number of nitrogens with one attached hydrogen (secondary N) is 1.